The molecule has 4 rings (SSSR count). The fourth-order valence-electron chi connectivity index (χ4n) is 4.80. The van der Waals surface area contributed by atoms with E-state index in [0.29, 0.717) is 40.8 Å². The Morgan fingerprint density at radius 1 is 1.05 bits per heavy atom. The summed E-state index contributed by atoms with van der Waals surface area (Å²) >= 11 is 0. The minimum Gasteiger partial charge on any atom is -0.490 e. The molecule has 14 heteroatoms. The predicted molar refractivity (Wildman–Crippen MR) is 161 cm³/mol. The summed E-state index contributed by atoms with van der Waals surface area (Å²) in [4.78, 5) is 4.24. The van der Waals surface area contributed by atoms with Crippen LogP contribution in [0, 0.1) is 11.6 Å². The van der Waals surface area contributed by atoms with Crippen molar-refractivity contribution in [3.63, 3.8) is 0 Å². The van der Waals surface area contributed by atoms with Crippen LogP contribution in [0.2, 0.25) is 18.1 Å². The molecule has 0 spiro atoms. The van der Waals surface area contributed by atoms with Crippen molar-refractivity contribution in [3.8, 4) is 5.75 Å². The number of benzene rings is 2. The van der Waals surface area contributed by atoms with E-state index in [9.17, 15) is 26.0 Å². The van der Waals surface area contributed by atoms with Crippen LogP contribution in [0.3, 0.4) is 0 Å². The Labute approximate surface area is 255 Å². The maximum Gasteiger partial charge on any atom is 0.419 e. The van der Waals surface area contributed by atoms with Crippen molar-refractivity contribution < 1.29 is 39.5 Å². The van der Waals surface area contributed by atoms with Gasteiger partial charge < -0.3 is 14.5 Å². The van der Waals surface area contributed by atoms with Gasteiger partial charge in [-0.2, -0.15) is 13.2 Å². The lowest BCUT2D eigenvalue weighted by Crippen LogP contribution is -2.46. The summed E-state index contributed by atoms with van der Waals surface area (Å²) in [5.74, 6) is -1.92. The molecule has 2 aromatic carbocycles. The molecule has 0 amide bonds. The molecule has 7 nitrogen and oxygen atoms in total. The number of pyridine rings is 1. The third kappa shape index (κ3) is 8.13. The van der Waals surface area contributed by atoms with Crippen molar-refractivity contribution in [2.75, 3.05) is 12.8 Å². The Morgan fingerprint density at radius 3 is 2.34 bits per heavy atom. The fraction of sp³-hybridized carbons (Fsp3) is 0.500. The highest BCUT2D eigenvalue weighted by atomic mass is 32.2. The number of halogens is 5. The molecular weight excluding hydrogens is 621 g/mol. The van der Waals surface area contributed by atoms with E-state index in [1.54, 1.807) is 18.5 Å². The second-order valence-electron chi connectivity index (χ2n) is 12.8. The van der Waals surface area contributed by atoms with Crippen molar-refractivity contribution in [3.05, 3.63) is 71.1 Å². The van der Waals surface area contributed by atoms with E-state index in [4.69, 9.17) is 9.16 Å². The summed E-state index contributed by atoms with van der Waals surface area (Å²) in [7, 11) is -5.97. The first-order valence-electron chi connectivity index (χ1n) is 14.2. The first kappa shape index (κ1) is 34.2. The lowest BCUT2D eigenvalue weighted by molar-refractivity contribution is -0.140. The van der Waals surface area contributed by atoms with E-state index in [2.05, 4.69) is 35.8 Å². The summed E-state index contributed by atoms with van der Waals surface area (Å²) in [5.41, 5.74) is -0.496. The summed E-state index contributed by atoms with van der Waals surface area (Å²) in [6.07, 6.45) is -0.799. The second kappa shape index (κ2) is 12.6. The summed E-state index contributed by atoms with van der Waals surface area (Å²) in [6, 6.07) is 5.55. The molecule has 1 saturated carbocycles. The molecule has 44 heavy (non-hydrogen) atoms. The smallest absolute Gasteiger partial charge is 0.419 e. The van der Waals surface area contributed by atoms with Gasteiger partial charge in [0.25, 0.3) is 0 Å². The molecule has 1 unspecified atom stereocenters. The van der Waals surface area contributed by atoms with Gasteiger partial charge >= 0.3 is 6.18 Å². The van der Waals surface area contributed by atoms with Gasteiger partial charge in [0.15, 0.2) is 8.32 Å². The van der Waals surface area contributed by atoms with Gasteiger partial charge in [-0.15, -0.1) is 0 Å². The van der Waals surface area contributed by atoms with Gasteiger partial charge in [0.1, 0.15) is 23.5 Å². The maximum absolute atomic E-state index is 15.8. The van der Waals surface area contributed by atoms with Gasteiger partial charge in [0, 0.05) is 42.5 Å². The lowest BCUT2D eigenvalue weighted by Gasteiger charge is -2.39. The third-order valence-electron chi connectivity index (χ3n) is 8.36. The highest BCUT2D eigenvalue weighted by Crippen LogP contribution is 2.41. The van der Waals surface area contributed by atoms with E-state index in [0.717, 1.165) is 18.4 Å². The van der Waals surface area contributed by atoms with Gasteiger partial charge in [-0.05, 0) is 72.3 Å². The first-order chi connectivity index (χ1) is 20.2. The van der Waals surface area contributed by atoms with Gasteiger partial charge in [0.2, 0.25) is 10.0 Å². The number of aromatic nitrogens is 1. The van der Waals surface area contributed by atoms with Crippen LogP contribution >= 0.6 is 0 Å². The molecule has 1 aliphatic carbocycles. The Hall–Kier alpha value is -2.65. The van der Waals surface area contributed by atoms with E-state index in [1.807, 2.05) is 13.1 Å². The number of ether oxygens (including phenoxy) is 1. The number of rotatable bonds is 11. The molecule has 1 aromatic heterocycles. The Balaban J connectivity index is 1.51. The molecule has 1 atom stereocenters. The molecule has 0 radical (unpaired) electrons. The van der Waals surface area contributed by atoms with E-state index < -0.39 is 47.8 Å². The Morgan fingerprint density at radius 2 is 1.73 bits per heavy atom. The largest absolute Gasteiger partial charge is 0.490 e. The van der Waals surface area contributed by atoms with Crippen LogP contribution in [-0.2, 0) is 27.2 Å². The zero-order valence-electron chi connectivity index (χ0n) is 25.5. The van der Waals surface area contributed by atoms with E-state index in [1.165, 1.54) is 6.07 Å². The Kier molecular flexibility index (Phi) is 9.82. The number of sulfonamides is 1. The highest BCUT2D eigenvalue weighted by Gasteiger charge is 2.40. The van der Waals surface area contributed by atoms with Gasteiger partial charge in [-0.3, -0.25) is 4.98 Å². The third-order valence-corrected chi connectivity index (χ3v) is 13.5. The number of hydrogen-bond donors (Lipinski definition) is 2. The van der Waals surface area contributed by atoms with Crippen molar-refractivity contribution in [2.24, 2.45) is 0 Å². The van der Waals surface area contributed by atoms with E-state index >= 15 is 4.39 Å². The quantitative estimate of drug-likeness (QED) is 0.173. The zero-order valence-corrected chi connectivity index (χ0v) is 27.3. The summed E-state index contributed by atoms with van der Waals surface area (Å²) in [5, 5.41) is 4.33. The van der Waals surface area contributed by atoms with Crippen LogP contribution in [-0.4, -0.2) is 46.7 Å². The van der Waals surface area contributed by atoms with Crippen LogP contribution in [0.4, 0.5) is 22.0 Å². The SMILES string of the molecule is CC(C)(C)[Si](C)(C)OC(CNS(C)(=O)=O)c1cc(F)c(CNC2CC(Oc3ccc(F)c(C(F)(F)F)c3)C2)c2ccncc12. The number of nitrogens with one attached hydrogen (secondary N) is 2. The van der Waals surface area contributed by atoms with Crippen molar-refractivity contribution in [2.45, 2.75) is 82.7 Å². The normalized spacial score (nSPS) is 18.7. The fourth-order valence-corrected chi connectivity index (χ4v) is 6.53. The van der Waals surface area contributed by atoms with Crippen molar-refractivity contribution >= 4 is 29.1 Å². The zero-order chi connectivity index (χ0) is 32.7. The number of hydrogen-bond acceptors (Lipinski definition) is 6. The summed E-state index contributed by atoms with van der Waals surface area (Å²) in [6.45, 7) is 10.3. The van der Waals surface area contributed by atoms with Gasteiger partial charge in [-0.25, -0.2) is 21.9 Å². The van der Waals surface area contributed by atoms with E-state index in [-0.39, 0.29) is 36.0 Å². The lowest BCUT2D eigenvalue weighted by atomic mass is 9.88. The van der Waals surface area contributed by atoms with Crippen LogP contribution in [0.15, 0.2) is 42.7 Å². The molecular formula is C30H38F5N3O4SSi. The highest BCUT2D eigenvalue weighted by molar-refractivity contribution is 7.88. The molecule has 0 aliphatic heterocycles. The average molecular weight is 660 g/mol. The predicted octanol–water partition coefficient (Wildman–Crippen LogP) is 6.84. The minimum atomic E-state index is -4.83. The number of nitrogens with zero attached hydrogens (tertiary/aromatic N) is 1. The maximum atomic E-state index is 15.8. The minimum absolute atomic E-state index is 0.0675. The summed E-state index contributed by atoms with van der Waals surface area (Å²) < 4.78 is 107. The Bertz CT molecular complexity index is 1610. The standard InChI is InChI=1S/C30H38F5N3O4SSi/c1-29(2,3)44(5,6)42-28(17-38-43(4,39)40)22-14-27(32)24(21-9-10-36-15-23(21)22)16-37-18-11-20(12-18)41-19-7-8-26(31)25(13-19)30(33,34)35/h7-10,13-15,18,20,28,37-38H,11-12,16-17H2,1-6H3. The van der Waals surface area contributed by atoms with Crippen LogP contribution in [0.5, 0.6) is 5.75 Å². The molecule has 3 aromatic rings. The average Bonchev–Trinajstić information content (AvgIpc) is 2.87. The second-order valence-corrected chi connectivity index (χ2v) is 19.4. The van der Waals surface area contributed by atoms with Crippen molar-refractivity contribution in [1.82, 2.24) is 15.0 Å². The first-order valence-corrected chi connectivity index (χ1v) is 19.0. The van der Waals surface area contributed by atoms with Crippen LogP contribution in [0.25, 0.3) is 10.8 Å². The molecule has 1 aliphatic rings. The van der Waals surface area contributed by atoms with Crippen molar-refractivity contribution in [1.29, 1.82) is 0 Å². The number of fused-ring (bicyclic) bond motifs is 1. The molecule has 0 saturated heterocycles. The number of alkyl halides is 3. The molecule has 1 heterocycles. The molecule has 0 bridgehead atoms. The molecule has 2 N–H and O–H groups in total. The molecule has 1 fully saturated rings. The monoisotopic (exact) mass is 659 g/mol. The van der Waals surface area contributed by atoms with Crippen LogP contribution < -0.4 is 14.8 Å². The molecule has 242 valence electrons. The van der Waals surface area contributed by atoms with Gasteiger partial charge in [-0.1, -0.05) is 20.8 Å². The topological polar surface area (TPSA) is 89.5 Å². The van der Waals surface area contributed by atoms with Crippen LogP contribution in [0.1, 0.15) is 56.4 Å². The van der Waals surface area contributed by atoms with Gasteiger partial charge in [0.05, 0.1) is 17.9 Å².